The minimum atomic E-state index is -3.81. The summed E-state index contributed by atoms with van der Waals surface area (Å²) in [5.41, 5.74) is 0. The zero-order valence-corrected chi connectivity index (χ0v) is 13.0. The van der Waals surface area contributed by atoms with Gasteiger partial charge in [0, 0.05) is 13.7 Å². The van der Waals surface area contributed by atoms with Crippen LogP contribution in [0.5, 0.6) is 5.75 Å². The lowest BCUT2D eigenvalue weighted by Gasteiger charge is -2.12. The van der Waals surface area contributed by atoms with Gasteiger partial charge in [0.05, 0.1) is 6.61 Å². The van der Waals surface area contributed by atoms with Crippen LogP contribution in [0, 0.1) is 5.82 Å². The van der Waals surface area contributed by atoms with E-state index in [9.17, 15) is 12.8 Å². The van der Waals surface area contributed by atoms with E-state index >= 15 is 0 Å². The van der Waals surface area contributed by atoms with Crippen molar-refractivity contribution >= 4 is 10.0 Å². The van der Waals surface area contributed by atoms with E-state index in [2.05, 4.69) is 10.0 Å². The minimum absolute atomic E-state index is 0.106. The molecule has 0 spiro atoms. The smallest absolute Gasteiger partial charge is 0.244 e. The summed E-state index contributed by atoms with van der Waals surface area (Å²) in [7, 11) is -0.525. The molecule has 0 saturated heterocycles. The van der Waals surface area contributed by atoms with Crippen molar-refractivity contribution in [2.24, 2.45) is 0 Å². The second-order valence-electron chi connectivity index (χ2n) is 4.29. The SMILES string of the molecule is CNCCCNS(=O)(=O)c1cc(F)ccc1OCCOC. The van der Waals surface area contributed by atoms with Gasteiger partial charge >= 0.3 is 0 Å². The molecule has 120 valence electrons. The first-order valence-electron chi connectivity index (χ1n) is 6.57. The average Bonchev–Trinajstić information content (AvgIpc) is 2.45. The van der Waals surface area contributed by atoms with E-state index in [1.165, 1.54) is 13.2 Å². The van der Waals surface area contributed by atoms with Crippen LogP contribution in [0.4, 0.5) is 4.39 Å². The zero-order chi connectivity index (χ0) is 15.7. The molecular formula is C13H21FN2O4S. The second kappa shape index (κ2) is 8.93. The Kier molecular flexibility index (Phi) is 7.58. The van der Waals surface area contributed by atoms with Crippen molar-refractivity contribution in [1.29, 1.82) is 0 Å². The summed E-state index contributed by atoms with van der Waals surface area (Å²) in [6.07, 6.45) is 0.630. The van der Waals surface area contributed by atoms with Gasteiger partial charge in [0.1, 0.15) is 23.1 Å². The Labute approximate surface area is 124 Å². The fourth-order valence-corrected chi connectivity index (χ4v) is 2.82. The van der Waals surface area contributed by atoms with E-state index in [1.54, 1.807) is 7.05 Å². The van der Waals surface area contributed by atoms with Crippen molar-refractivity contribution in [2.45, 2.75) is 11.3 Å². The van der Waals surface area contributed by atoms with Crippen LogP contribution in [0.3, 0.4) is 0 Å². The number of benzene rings is 1. The molecule has 2 N–H and O–H groups in total. The third-order valence-electron chi connectivity index (χ3n) is 2.64. The van der Waals surface area contributed by atoms with E-state index in [-0.39, 0.29) is 23.8 Å². The van der Waals surface area contributed by atoms with Gasteiger partial charge in [-0.05, 0) is 38.2 Å². The van der Waals surface area contributed by atoms with Crippen LogP contribution >= 0.6 is 0 Å². The summed E-state index contributed by atoms with van der Waals surface area (Å²) in [6.45, 7) is 1.44. The molecular weight excluding hydrogens is 299 g/mol. The van der Waals surface area contributed by atoms with Gasteiger partial charge in [0.2, 0.25) is 10.0 Å². The van der Waals surface area contributed by atoms with Crippen molar-refractivity contribution in [3.8, 4) is 5.75 Å². The molecule has 0 aliphatic rings. The first-order valence-corrected chi connectivity index (χ1v) is 8.05. The molecule has 1 aromatic carbocycles. The average molecular weight is 320 g/mol. The number of ether oxygens (including phenoxy) is 2. The van der Waals surface area contributed by atoms with Crippen molar-refractivity contribution in [1.82, 2.24) is 10.0 Å². The molecule has 6 nitrogen and oxygen atoms in total. The van der Waals surface area contributed by atoms with E-state index in [1.807, 2.05) is 0 Å². The van der Waals surface area contributed by atoms with Crippen LogP contribution in [-0.4, -0.2) is 48.9 Å². The Morgan fingerprint density at radius 3 is 2.67 bits per heavy atom. The van der Waals surface area contributed by atoms with E-state index in [0.717, 1.165) is 12.1 Å². The summed E-state index contributed by atoms with van der Waals surface area (Å²) in [6, 6.07) is 3.40. The van der Waals surface area contributed by atoms with Gasteiger partial charge in [0.25, 0.3) is 0 Å². The summed E-state index contributed by atoms with van der Waals surface area (Å²) >= 11 is 0. The van der Waals surface area contributed by atoms with Gasteiger partial charge in [-0.25, -0.2) is 17.5 Å². The van der Waals surface area contributed by atoms with Gasteiger partial charge in [0.15, 0.2) is 0 Å². The maximum Gasteiger partial charge on any atom is 0.244 e. The number of nitrogens with one attached hydrogen (secondary N) is 2. The van der Waals surface area contributed by atoms with Crippen LogP contribution in [0.15, 0.2) is 23.1 Å². The molecule has 1 rings (SSSR count). The molecule has 0 bridgehead atoms. The molecule has 0 unspecified atom stereocenters. The molecule has 21 heavy (non-hydrogen) atoms. The third-order valence-corrected chi connectivity index (χ3v) is 4.12. The van der Waals surface area contributed by atoms with Gasteiger partial charge < -0.3 is 14.8 Å². The fraction of sp³-hybridized carbons (Fsp3) is 0.538. The fourth-order valence-electron chi connectivity index (χ4n) is 1.60. The number of halogens is 1. The summed E-state index contributed by atoms with van der Waals surface area (Å²) in [4.78, 5) is -0.205. The lowest BCUT2D eigenvalue weighted by Crippen LogP contribution is -2.27. The summed E-state index contributed by atoms with van der Waals surface area (Å²) in [5, 5.41) is 2.92. The maximum atomic E-state index is 13.3. The van der Waals surface area contributed by atoms with Crippen LogP contribution in [-0.2, 0) is 14.8 Å². The maximum absolute atomic E-state index is 13.3. The Morgan fingerprint density at radius 2 is 2.00 bits per heavy atom. The highest BCUT2D eigenvalue weighted by molar-refractivity contribution is 7.89. The quantitative estimate of drug-likeness (QED) is 0.622. The first kappa shape index (κ1) is 17.8. The Balaban J connectivity index is 2.84. The van der Waals surface area contributed by atoms with Crippen molar-refractivity contribution in [3.05, 3.63) is 24.0 Å². The Bertz CT molecular complexity index is 537. The predicted molar refractivity (Wildman–Crippen MR) is 77.5 cm³/mol. The second-order valence-corrected chi connectivity index (χ2v) is 6.02. The van der Waals surface area contributed by atoms with Gasteiger partial charge in [-0.15, -0.1) is 0 Å². The molecule has 0 saturated carbocycles. The van der Waals surface area contributed by atoms with E-state index in [4.69, 9.17) is 9.47 Å². The molecule has 0 aromatic heterocycles. The molecule has 0 amide bonds. The largest absolute Gasteiger partial charge is 0.490 e. The molecule has 0 aliphatic heterocycles. The standard InChI is InChI=1S/C13H21FN2O4S/c1-15-6-3-7-16-21(17,18)13-10-11(14)4-5-12(13)20-9-8-19-2/h4-5,10,15-16H,3,6-9H2,1-2H3. The Morgan fingerprint density at radius 1 is 1.24 bits per heavy atom. The highest BCUT2D eigenvalue weighted by Gasteiger charge is 2.20. The van der Waals surface area contributed by atoms with Crippen molar-refractivity contribution in [3.63, 3.8) is 0 Å². The predicted octanol–water partition coefficient (Wildman–Crippen LogP) is 0.739. The number of methoxy groups -OCH3 is 1. The topological polar surface area (TPSA) is 76.7 Å². The van der Waals surface area contributed by atoms with Gasteiger partial charge in [-0.1, -0.05) is 0 Å². The number of hydrogen-bond donors (Lipinski definition) is 2. The Hall–Kier alpha value is -1.22. The number of sulfonamides is 1. The first-order chi connectivity index (χ1) is 10.0. The van der Waals surface area contributed by atoms with Crippen LogP contribution in [0.2, 0.25) is 0 Å². The highest BCUT2D eigenvalue weighted by Crippen LogP contribution is 2.24. The van der Waals surface area contributed by atoms with Crippen molar-refractivity contribution in [2.75, 3.05) is 40.5 Å². The molecule has 0 aliphatic carbocycles. The molecule has 0 heterocycles. The lowest BCUT2D eigenvalue weighted by molar-refractivity contribution is 0.144. The monoisotopic (exact) mass is 320 g/mol. The van der Waals surface area contributed by atoms with Gasteiger partial charge in [-0.3, -0.25) is 0 Å². The molecule has 0 fully saturated rings. The van der Waals surface area contributed by atoms with E-state index < -0.39 is 15.8 Å². The molecule has 8 heteroatoms. The minimum Gasteiger partial charge on any atom is -0.490 e. The summed E-state index contributed by atoms with van der Waals surface area (Å²) in [5.74, 6) is -0.528. The normalized spacial score (nSPS) is 11.6. The van der Waals surface area contributed by atoms with Gasteiger partial charge in [-0.2, -0.15) is 0 Å². The third kappa shape index (κ3) is 5.96. The van der Waals surface area contributed by atoms with Crippen molar-refractivity contribution < 1.29 is 22.3 Å². The highest BCUT2D eigenvalue weighted by atomic mass is 32.2. The number of rotatable bonds is 10. The van der Waals surface area contributed by atoms with Crippen LogP contribution in [0.25, 0.3) is 0 Å². The molecule has 0 radical (unpaired) electrons. The molecule has 0 atom stereocenters. The summed E-state index contributed by atoms with van der Waals surface area (Å²) < 4.78 is 50.3. The number of hydrogen-bond acceptors (Lipinski definition) is 5. The molecule has 1 aromatic rings. The zero-order valence-electron chi connectivity index (χ0n) is 12.2. The van der Waals surface area contributed by atoms with Crippen LogP contribution < -0.4 is 14.8 Å². The lowest BCUT2D eigenvalue weighted by atomic mass is 10.3. The van der Waals surface area contributed by atoms with E-state index in [0.29, 0.717) is 19.6 Å². The van der Waals surface area contributed by atoms with Crippen LogP contribution in [0.1, 0.15) is 6.42 Å².